The molecule has 0 aromatic rings. The summed E-state index contributed by atoms with van der Waals surface area (Å²) in [6.07, 6.45) is 65.8. The van der Waals surface area contributed by atoms with E-state index in [1.807, 2.05) is 21.1 Å². The maximum absolute atomic E-state index is 12.8. The van der Waals surface area contributed by atoms with Crippen LogP contribution in [0.1, 0.15) is 206 Å². The van der Waals surface area contributed by atoms with Crippen molar-refractivity contribution in [1.82, 2.24) is 0 Å². The van der Waals surface area contributed by atoms with E-state index in [1.165, 1.54) is 64.2 Å². The molecule has 0 aromatic carbocycles. The summed E-state index contributed by atoms with van der Waals surface area (Å²) in [6.45, 7) is 4.08. The molecular formula is C58H100NO8P. The maximum atomic E-state index is 12.8. The fourth-order valence-electron chi connectivity index (χ4n) is 6.92. The molecule has 2 unspecified atom stereocenters. The molecule has 0 radical (unpaired) electrons. The average Bonchev–Trinajstić information content (AvgIpc) is 3.30. The Morgan fingerprint density at radius 2 is 0.838 bits per heavy atom. The van der Waals surface area contributed by atoms with Gasteiger partial charge in [-0.1, -0.05) is 195 Å². The number of ether oxygens (including phenoxy) is 2. The largest absolute Gasteiger partial charge is 0.756 e. The van der Waals surface area contributed by atoms with Gasteiger partial charge in [0, 0.05) is 12.8 Å². The number of unbranched alkanes of at least 4 members (excludes halogenated alkanes) is 18. The predicted octanol–water partition coefficient (Wildman–Crippen LogP) is 15.8. The zero-order valence-corrected chi connectivity index (χ0v) is 44.9. The van der Waals surface area contributed by atoms with Crippen LogP contribution in [0.15, 0.2) is 97.2 Å². The Morgan fingerprint density at radius 1 is 0.471 bits per heavy atom. The van der Waals surface area contributed by atoms with E-state index in [4.69, 9.17) is 18.5 Å². The summed E-state index contributed by atoms with van der Waals surface area (Å²) in [4.78, 5) is 37.8. The van der Waals surface area contributed by atoms with E-state index in [-0.39, 0.29) is 26.1 Å². The van der Waals surface area contributed by atoms with Crippen molar-refractivity contribution >= 4 is 19.8 Å². The molecule has 68 heavy (non-hydrogen) atoms. The maximum Gasteiger partial charge on any atom is 0.306 e. The van der Waals surface area contributed by atoms with Crippen molar-refractivity contribution in [2.45, 2.75) is 213 Å². The van der Waals surface area contributed by atoms with Gasteiger partial charge < -0.3 is 27.9 Å². The van der Waals surface area contributed by atoms with Crippen LogP contribution in [0.5, 0.6) is 0 Å². The number of phosphoric acid groups is 1. The topological polar surface area (TPSA) is 111 Å². The van der Waals surface area contributed by atoms with Gasteiger partial charge in [-0.05, 0) is 96.3 Å². The van der Waals surface area contributed by atoms with Crippen molar-refractivity contribution in [1.29, 1.82) is 0 Å². The Morgan fingerprint density at radius 3 is 1.26 bits per heavy atom. The van der Waals surface area contributed by atoms with Gasteiger partial charge in [0.2, 0.25) is 0 Å². The normalized spacial score (nSPS) is 14.1. The second kappa shape index (κ2) is 48.9. The molecule has 390 valence electrons. The zero-order valence-electron chi connectivity index (χ0n) is 44.0. The average molecular weight is 970 g/mol. The molecular weight excluding hydrogens is 870 g/mol. The molecule has 0 rings (SSSR count). The van der Waals surface area contributed by atoms with E-state index in [1.54, 1.807) is 0 Å². The Kier molecular flexibility index (Phi) is 46.7. The monoisotopic (exact) mass is 970 g/mol. The van der Waals surface area contributed by atoms with Crippen molar-refractivity contribution in [2.75, 3.05) is 47.5 Å². The molecule has 0 saturated heterocycles. The van der Waals surface area contributed by atoms with Crippen molar-refractivity contribution in [2.24, 2.45) is 0 Å². The van der Waals surface area contributed by atoms with Gasteiger partial charge >= 0.3 is 11.9 Å². The number of carbonyl (C=O) groups is 2. The Labute approximate surface area is 417 Å². The molecule has 0 aliphatic rings. The van der Waals surface area contributed by atoms with Crippen LogP contribution in [-0.2, 0) is 32.7 Å². The summed E-state index contributed by atoms with van der Waals surface area (Å²) in [6, 6.07) is 0. The van der Waals surface area contributed by atoms with Crippen molar-refractivity contribution in [3.63, 3.8) is 0 Å². The first-order chi connectivity index (χ1) is 33.0. The van der Waals surface area contributed by atoms with Crippen molar-refractivity contribution in [3.05, 3.63) is 97.2 Å². The van der Waals surface area contributed by atoms with Gasteiger partial charge in [0.25, 0.3) is 7.82 Å². The molecule has 0 aromatic heterocycles. The van der Waals surface area contributed by atoms with Gasteiger partial charge in [-0.25, -0.2) is 0 Å². The summed E-state index contributed by atoms with van der Waals surface area (Å²) in [5.41, 5.74) is 0. The molecule has 0 saturated carbocycles. The summed E-state index contributed by atoms with van der Waals surface area (Å²) in [7, 11) is 1.14. The van der Waals surface area contributed by atoms with E-state index in [9.17, 15) is 19.0 Å². The number of likely N-dealkylation sites (N-methyl/N-ethyl adjacent to an activating group) is 1. The lowest BCUT2D eigenvalue weighted by Crippen LogP contribution is -2.37. The number of quaternary nitrogens is 1. The minimum absolute atomic E-state index is 0.0406. The fraction of sp³-hybridized carbons (Fsp3) is 0.690. The van der Waals surface area contributed by atoms with Crippen LogP contribution in [-0.4, -0.2) is 70.0 Å². The first-order valence-electron chi connectivity index (χ1n) is 26.9. The molecule has 0 heterocycles. The SMILES string of the molecule is CC/C=C\C/C=C\C/C=C\C/C=C\C/C=C\C/C=C\C/C=C\CCCCCCCC(=O)OC(COC(=O)CCCCCCCCC/C=C\CCCCCCCC)COP(=O)([O-])OCC[N+](C)(C)C. The third kappa shape index (κ3) is 52.3. The lowest BCUT2D eigenvalue weighted by atomic mass is 10.1. The molecule has 10 heteroatoms. The molecule has 0 N–H and O–H groups in total. The Hall–Kier alpha value is -3.07. The van der Waals surface area contributed by atoms with Gasteiger partial charge in [-0.15, -0.1) is 0 Å². The first kappa shape index (κ1) is 64.9. The number of carbonyl (C=O) groups excluding carboxylic acids is 2. The van der Waals surface area contributed by atoms with E-state index in [0.717, 1.165) is 109 Å². The molecule has 0 bridgehead atoms. The number of hydrogen-bond donors (Lipinski definition) is 0. The van der Waals surface area contributed by atoms with Crippen LogP contribution in [0.2, 0.25) is 0 Å². The molecule has 9 nitrogen and oxygen atoms in total. The number of nitrogens with zero attached hydrogens (tertiary/aromatic N) is 1. The van der Waals surface area contributed by atoms with Crippen LogP contribution < -0.4 is 4.89 Å². The van der Waals surface area contributed by atoms with Gasteiger partial charge in [0.1, 0.15) is 19.8 Å². The molecule has 0 amide bonds. The summed E-state index contributed by atoms with van der Waals surface area (Å²) >= 11 is 0. The van der Waals surface area contributed by atoms with Gasteiger partial charge in [-0.3, -0.25) is 14.2 Å². The molecule has 0 spiro atoms. The van der Waals surface area contributed by atoms with Gasteiger partial charge in [0.05, 0.1) is 27.7 Å². The van der Waals surface area contributed by atoms with Crippen molar-refractivity contribution < 1.29 is 42.1 Å². The second-order valence-corrected chi connectivity index (χ2v) is 20.3. The number of phosphoric ester groups is 1. The number of hydrogen-bond acceptors (Lipinski definition) is 8. The number of esters is 2. The van der Waals surface area contributed by atoms with E-state index in [0.29, 0.717) is 17.4 Å². The van der Waals surface area contributed by atoms with Crippen LogP contribution in [0.3, 0.4) is 0 Å². The minimum Gasteiger partial charge on any atom is -0.756 e. The molecule has 0 aliphatic heterocycles. The smallest absolute Gasteiger partial charge is 0.306 e. The van der Waals surface area contributed by atoms with Crippen LogP contribution in [0, 0.1) is 0 Å². The highest BCUT2D eigenvalue weighted by molar-refractivity contribution is 7.45. The lowest BCUT2D eigenvalue weighted by Gasteiger charge is -2.28. The van der Waals surface area contributed by atoms with Crippen LogP contribution in [0.4, 0.5) is 0 Å². The lowest BCUT2D eigenvalue weighted by molar-refractivity contribution is -0.870. The third-order valence-corrected chi connectivity index (χ3v) is 12.1. The summed E-state index contributed by atoms with van der Waals surface area (Å²) in [5, 5.41) is 0. The number of rotatable bonds is 48. The molecule has 0 aliphatic carbocycles. The molecule has 2 atom stereocenters. The second-order valence-electron chi connectivity index (χ2n) is 18.9. The van der Waals surface area contributed by atoms with Gasteiger partial charge in [0.15, 0.2) is 6.10 Å². The Bertz CT molecular complexity index is 1470. The van der Waals surface area contributed by atoms with E-state index < -0.39 is 32.5 Å². The summed E-state index contributed by atoms with van der Waals surface area (Å²) < 4.78 is 34.1. The number of allylic oxidation sites excluding steroid dienone is 16. The minimum atomic E-state index is -4.65. The van der Waals surface area contributed by atoms with Crippen molar-refractivity contribution in [3.8, 4) is 0 Å². The zero-order chi connectivity index (χ0) is 49.9. The van der Waals surface area contributed by atoms with E-state index >= 15 is 0 Å². The fourth-order valence-corrected chi connectivity index (χ4v) is 7.65. The quantitative estimate of drug-likeness (QED) is 0.0195. The van der Waals surface area contributed by atoms with Crippen LogP contribution >= 0.6 is 7.82 Å². The van der Waals surface area contributed by atoms with Gasteiger partial charge in [-0.2, -0.15) is 0 Å². The van der Waals surface area contributed by atoms with Crippen LogP contribution in [0.25, 0.3) is 0 Å². The highest BCUT2D eigenvalue weighted by atomic mass is 31.2. The standard InChI is InChI=1S/C58H100NO8P/c1-6-8-10-12-14-16-18-20-22-24-25-26-27-28-29-30-31-32-33-35-37-39-41-43-45-47-49-51-58(61)67-56(55-66-68(62,63)65-53-52-59(3,4)5)54-64-57(60)50-48-46-44-42-40-38-36-34-23-21-19-17-15-13-11-9-7-2/h8,10,14,16,20-23,25-26,28-29,31-32,35,37,56H,6-7,9,11-13,15,17-19,24,27,30,33-34,36,38-55H2,1-5H3/b10-8-,16-14-,22-20-,23-21-,26-25-,29-28-,32-31-,37-35-. The summed E-state index contributed by atoms with van der Waals surface area (Å²) in [5.74, 6) is -0.866. The highest BCUT2D eigenvalue weighted by Gasteiger charge is 2.21. The predicted molar refractivity (Wildman–Crippen MR) is 286 cm³/mol. The third-order valence-electron chi connectivity index (χ3n) is 11.1. The first-order valence-corrected chi connectivity index (χ1v) is 28.4. The highest BCUT2D eigenvalue weighted by Crippen LogP contribution is 2.38. The van der Waals surface area contributed by atoms with E-state index in [2.05, 4.69) is 111 Å². The Balaban J connectivity index is 4.30. The molecule has 0 fully saturated rings.